The Bertz CT molecular complexity index is 974. The van der Waals surface area contributed by atoms with E-state index in [1.54, 1.807) is 28.0 Å². The maximum Gasteiger partial charge on any atom is 0.409 e. The molecule has 0 saturated carbocycles. The van der Waals surface area contributed by atoms with Crippen molar-refractivity contribution in [1.82, 2.24) is 20.0 Å². The van der Waals surface area contributed by atoms with Crippen LogP contribution < -0.4 is 5.32 Å². The summed E-state index contributed by atoms with van der Waals surface area (Å²) >= 11 is 0. The number of hydrogen-bond acceptors (Lipinski definition) is 5. The minimum Gasteiger partial charge on any atom is -0.463 e. The zero-order valence-electron chi connectivity index (χ0n) is 16.1. The molecule has 4 rings (SSSR count). The Morgan fingerprint density at radius 3 is 2.55 bits per heavy atom. The van der Waals surface area contributed by atoms with E-state index in [2.05, 4.69) is 10.4 Å². The molecule has 2 aromatic heterocycles. The number of rotatable bonds is 4. The lowest BCUT2D eigenvalue weighted by molar-refractivity contribution is 0.0885. The number of likely N-dealkylation sites (tertiary alicyclic amines) is 1. The summed E-state index contributed by atoms with van der Waals surface area (Å²) < 4.78 is 11.8. The molecule has 0 bridgehead atoms. The highest BCUT2D eigenvalue weighted by atomic mass is 16.5. The van der Waals surface area contributed by atoms with Crippen LogP contribution in [0.2, 0.25) is 0 Å². The van der Waals surface area contributed by atoms with Crippen LogP contribution >= 0.6 is 0 Å². The van der Waals surface area contributed by atoms with E-state index >= 15 is 0 Å². The monoisotopic (exact) mass is 394 g/mol. The normalized spacial score (nSPS) is 14.6. The summed E-state index contributed by atoms with van der Waals surface area (Å²) in [7, 11) is 1.37. The summed E-state index contributed by atoms with van der Waals surface area (Å²) in [6, 6.07) is 14.8. The molecule has 0 spiro atoms. The number of para-hydroxylation sites is 1. The topological polar surface area (TPSA) is 89.6 Å². The average Bonchev–Trinajstić information content (AvgIpc) is 3.44. The summed E-state index contributed by atoms with van der Waals surface area (Å²) in [5, 5.41) is 7.65. The van der Waals surface area contributed by atoms with Gasteiger partial charge in [-0.2, -0.15) is 5.10 Å². The Morgan fingerprint density at radius 1 is 1.14 bits per heavy atom. The number of nitrogens with one attached hydrogen (secondary N) is 1. The van der Waals surface area contributed by atoms with E-state index in [1.165, 1.54) is 7.11 Å². The van der Waals surface area contributed by atoms with Gasteiger partial charge >= 0.3 is 6.09 Å². The van der Waals surface area contributed by atoms with Crippen molar-refractivity contribution in [2.45, 2.75) is 18.9 Å². The predicted octanol–water partition coefficient (Wildman–Crippen LogP) is 3.09. The summed E-state index contributed by atoms with van der Waals surface area (Å²) in [5.74, 6) is 0.385. The van der Waals surface area contributed by atoms with Crippen molar-refractivity contribution in [2.75, 3.05) is 20.2 Å². The minimum atomic E-state index is -0.333. The first kappa shape index (κ1) is 18.8. The summed E-state index contributed by atoms with van der Waals surface area (Å²) in [6.07, 6.45) is 2.59. The lowest BCUT2D eigenvalue weighted by atomic mass is 10.1. The molecule has 150 valence electrons. The van der Waals surface area contributed by atoms with Crippen LogP contribution in [-0.4, -0.2) is 52.9 Å². The Kier molecular flexibility index (Phi) is 5.33. The van der Waals surface area contributed by atoms with Crippen LogP contribution in [0, 0.1) is 0 Å². The Balaban J connectivity index is 1.54. The van der Waals surface area contributed by atoms with Gasteiger partial charge in [0.05, 0.1) is 19.1 Å². The number of carbonyl (C=O) groups excluding carboxylic acids is 2. The Morgan fingerprint density at radius 2 is 1.90 bits per heavy atom. The highest BCUT2D eigenvalue weighted by Crippen LogP contribution is 2.22. The predicted molar refractivity (Wildman–Crippen MR) is 106 cm³/mol. The number of carbonyl (C=O) groups is 2. The third-order valence-corrected chi connectivity index (χ3v) is 4.98. The van der Waals surface area contributed by atoms with Crippen LogP contribution in [0.1, 0.15) is 23.3 Å². The maximum atomic E-state index is 13.1. The van der Waals surface area contributed by atoms with E-state index in [9.17, 15) is 9.59 Å². The molecule has 0 atom stereocenters. The van der Waals surface area contributed by atoms with Crippen molar-refractivity contribution < 1.29 is 18.7 Å². The number of methoxy groups -OCH3 is 1. The molecule has 3 heterocycles. The fraction of sp³-hybridized carbons (Fsp3) is 0.286. The standard InChI is InChI=1S/C21H22N4O4/c1-28-21(27)24-11-9-15(10-12-24)22-20(26)18-14-17(19-8-5-13-29-19)23-25(18)16-6-3-2-4-7-16/h2-8,13-15H,9-12H2,1H3,(H,22,26). The van der Waals surface area contributed by atoms with E-state index in [0.717, 1.165) is 5.69 Å². The van der Waals surface area contributed by atoms with Crippen LogP contribution in [0.5, 0.6) is 0 Å². The number of piperidine rings is 1. The van der Waals surface area contributed by atoms with Gasteiger partial charge < -0.3 is 19.4 Å². The van der Waals surface area contributed by atoms with Gasteiger partial charge in [0, 0.05) is 25.2 Å². The van der Waals surface area contributed by atoms with E-state index in [0.29, 0.717) is 43.1 Å². The van der Waals surface area contributed by atoms with Crippen molar-refractivity contribution in [3.63, 3.8) is 0 Å². The van der Waals surface area contributed by atoms with E-state index in [1.807, 2.05) is 36.4 Å². The van der Waals surface area contributed by atoms with Gasteiger partial charge in [-0.1, -0.05) is 18.2 Å². The molecule has 1 saturated heterocycles. The van der Waals surface area contributed by atoms with Gasteiger partial charge in [-0.15, -0.1) is 0 Å². The number of ether oxygens (including phenoxy) is 1. The number of benzene rings is 1. The van der Waals surface area contributed by atoms with Crippen molar-refractivity contribution in [2.24, 2.45) is 0 Å². The fourth-order valence-corrected chi connectivity index (χ4v) is 3.45. The number of hydrogen-bond donors (Lipinski definition) is 1. The second-order valence-corrected chi connectivity index (χ2v) is 6.84. The van der Waals surface area contributed by atoms with E-state index < -0.39 is 0 Å². The third-order valence-electron chi connectivity index (χ3n) is 4.98. The van der Waals surface area contributed by atoms with Crippen molar-refractivity contribution >= 4 is 12.0 Å². The first-order chi connectivity index (χ1) is 14.2. The van der Waals surface area contributed by atoms with Crippen molar-refractivity contribution in [1.29, 1.82) is 0 Å². The molecule has 1 aliphatic rings. The fourth-order valence-electron chi connectivity index (χ4n) is 3.45. The molecule has 1 aliphatic heterocycles. The van der Waals surface area contributed by atoms with E-state index in [4.69, 9.17) is 9.15 Å². The Labute approximate surface area is 168 Å². The van der Waals surface area contributed by atoms with E-state index in [-0.39, 0.29) is 18.0 Å². The molecule has 29 heavy (non-hydrogen) atoms. The third kappa shape index (κ3) is 4.01. The van der Waals surface area contributed by atoms with Crippen LogP contribution in [0.4, 0.5) is 4.79 Å². The molecule has 1 aromatic carbocycles. The zero-order chi connectivity index (χ0) is 20.2. The molecule has 0 radical (unpaired) electrons. The number of aromatic nitrogens is 2. The molecule has 3 aromatic rings. The van der Waals surface area contributed by atoms with Crippen LogP contribution in [0.15, 0.2) is 59.2 Å². The zero-order valence-corrected chi connectivity index (χ0v) is 16.1. The van der Waals surface area contributed by atoms with Crippen LogP contribution in [0.3, 0.4) is 0 Å². The summed E-state index contributed by atoms with van der Waals surface area (Å²) in [4.78, 5) is 26.3. The van der Waals surface area contributed by atoms with Gasteiger partial charge in [0.2, 0.25) is 0 Å². The van der Waals surface area contributed by atoms with Gasteiger partial charge in [-0.25, -0.2) is 9.48 Å². The number of nitrogens with zero attached hydrogens (tertiary/aromatic N) is 3. The highest BCUT2D eigenvalue weighted by molar-refractivity contribution is 5.94. The molecular formula is C21H22N4O4. The lowest BCUT2D eigenvalue weighted by Gasteiger charge is -2.31. The van der Waals surface area contributed by atoms with Gasteiger partial charge in [0.25, 0.3) is 5.91 Å². The average molecular weight is 394 g/mol. The second kappa shape index (κ2) is 8.22. The Hall–Kier alpha value is -3.55. The van der Waals surface area contributed by atoms with Gasteiger partial charge in [-0.05, 0) is 37.1 Å². The molecule has 0 aliphatic carbocycles. The maximum absolute atomic E-state index is 13.1. The molecule has 1 N–H and O–H groups in total. The summed E-state index contributed by atoms with van der Waals surface area (Å²) in [5.41, 5.74) is 1.80. The first-order valence-corrected chi connectivity index (χ1v) is 9.49. The second-order valence-electron chi connectivity index (χ2n) is 6.84. The van der Waals surface area contributed by atoms with Crippen LogP contribution in [-0.2, 0) is 4.74 Å². The van der Waals surface area contributed by atoms with Crippen molar-refractivity contribution in [3.05, 3.63) is 60.5 Å². The van der Waals surface area contributed by atoms with Gasteiger partial charge in [0.1, 0.15) is 11.4 Å². The van der Waals surface area contributed by atoms with Gasteiger partial charge in [0.15, 0.2) is 5.76 Å². The lowest BCUT2D eigenvalue weighted by Crippen LogP contribution is -2.46. The molecule has 0 unspecified atom stereocenters. The largest absolute Gasteiger partial charge is 0.463 e. The molecular weight excluding hydrogens is 372 g/mol. The summed E-state index contributed by atoms with van der Waals surface area (Å²) in [6.45, 7) is 1.10. The first-order valence-electron chi connectivity index (χ1n) is 9.49. The number of amides is 2. The molecule has 2 amide bonds. The molecule has 8 nitrogen and oxygen atoms in total. The quantitative estimate of drug-likeness (QED) is 0.734. The smallest absolute Gasteiger partial charge is 0.409 e. The minimum absolute atomic E-state index is 0.0189. The molecule has 1 fully saturated rings. The molecule has 8 heteroatoms. The van der Waals surface area contributed by atoms with Crippen LogP contribution in [0.25, 0.3) is 17.1 Å². The number of furan rings is 1. The highest BCUT2D eigenvalue weighted by Gasteiger charge is 2.26. The van der Waals surface area contributed by atoms with Crippen molar-refractivity contribution in [3.8, 4) is 17.1 Å². The SMILES string of the molecule is COC(=O)N1CCC(NC(=O)c2cc(-c3ccco3)nn2-c2ccccc2)CC1. The van der Waals surface area contributed by atoms with Gasteiger partial charge in [-0.3, -0.25) is 4.79 Å².